The molecule has 0 aliphatic carbocycles. The number of benzene rings is 1. The molecule has 19 heavy (non-hydrogen) atoms. The smallest absolute Gasteiger partial charge is 0.254 e. The van der Waals surface area contributed by atoms with Crippen LogP contribution in [0.15, 0.2) is 22.7 Å². The van der Waals surface area contributed by atoms with Crippen LogP contribution in [0.25, 0.3) is 0 Å². The number of hydrogen-bond acceptors (Lipinski definition) is 2. The van der Waals surface area contributed by atoms with Crippen LogP contribution in [-0.4, -0.2) is 48.4 Å². The van der Waals surface area contributed by atoms with Crippen molar-refractivity contribution < 1.29 is 4.79 Å². The van der Waals surface area contributed by atoms with Gasteiger partial charge < -0.3 is 4.90 Å². The zero-order valence-corrected chi connectivity index (χ0v) is 13.2. The predicted molar refractivity (Wildman–Crippen MR) is 81.5 cm³/mol. The largest absolute Gasteiger partial charge is 0.336 e. The Morgan fingerprint density at radius 3 is 2.58 bits per heavy atom. The number of hydrogen-bond donors (Lipinski definition) is 0. The second kappa shape index (κ2) is 6.53. The van der Waals surface area contributed by atoms with E-state index in [0.29, 0.717) is 0 Å². The van der Waals surface area contributed by atoms with Gasteiger partial charge in [0.25, 0.3) is 5.91 Å². The van der Waals surface area contributed by atoms with Crippen LogP contribution < -0.4 is 0 Å². The third-order valence-corrected chi connectivity index (χ3v) is 4.56. The van der Waals surface area contributed by atoms with Crippen LogP contribution in [0.5, 0.6) is 0 Å². The number of rotatable bonds is 3. The molecule has 0 spiro atoms. The zero-order valence-electron chi connectivity index (χ0n) is 11.7. The van der Waals surface area contributed by atoms with Crippen molar-refractivity contribution in [2.75, 3.05) is 32.7 Å². The van der Waals surface area contributed by atoms with Crippen LogP contribution in [0.4, 0.5) is 0 Å². The Bertz CT molecular complexity index is 453. The van der Waals surface area contributed by atoms with Crippen molar-refractivity contribution in [3.05, 3.63) is 33.8 Å². The standard InChI is InChI=1S/C15H21BrN2O/c1-3-7-17-8-10-18(11-9-17)15(19)13-5-4-6-14(16)12(13)2/h4-6H,3,7-11H2,1-2H3. The number of nitrogens with zero attached hydrogens (tertiary/aromatic N) is 2. The molecular formula is C15H21BrN2O. The minimum atomic E-state index is 0.162. The van der Waals surface area contributed by atoms with Gasteiger partial charge in [-0.3, -0.25) is 9.69 Å². The molecule has 4 heteroatoms. The van der Waals surface area contributed by atoms with Gasteiger partial charge in [-0.1, -0.05) is 28.9 Å². The van der Waals surface area contributed by atoms with E-state index in [9.17, 15) is 4.79 Å². The van der Waals surface area contributed by atoms with Gasteiger partial charge in [-0.2, -0.15) is 0 Å². The van der Waals surface area contributed by atoms with Gasteiger partial charge in [0.15, 0.2) is 0 Å². The van der Waals surface area contributed by atoms with Gasteiger partial charge in [-0.25, -0.2) is 0 Å². The van der Waals surface area contributed by atoms with E-state index in [1.807, 2.05) is 30.0 Å². The Kier molecular flexibility index (Phi) is 4.99. The fourth-order valence-electron chi connectivity index (χ4n) is 2.50. The van der Waals surface area contributed by atoms with Crippen LogP contribution in [0, 0.1) is 6.92 Å². The summed E-state index contributed by atoms with van der Waals surface area (Å²) in [5, 5.41) is 0. The van der Waals surface area contributed by atoms with E-state index in [0.717, 1.165) is 48.3 Å². The van der Waals surface area contributed by atoms with Crippen LogP contribution >= 0.6 is 15.9 Å². The monoisotopic (exact) mass is 324 g/mol. The van der Waals surface area contributed by atoms with Crippen molar-refractivity contribution >= 4 is 21.8 Å². The van der Waals surface area contributed by atoms with E-state index < -0.39 is 0 Å². The van der Waals surface area contributed by atoms with Crippen molar-refractivity contribution in [1.82, 2.24) is 9.80 Å². The first-order valence-electron chi connectivity index (χ1n) is 6.90. The van der Waals surface area contributed by atoms with Gasteiger partial charge in [0.05, 0.1) is 0 Å². The summed E-state index contributed by atoms with van der Waals surface area (Å²) >= 11 is 3.49. The highest BCUT2D eigenvalue weighted by molar-refractivity contribution is 9.10. The van der Waals surface area contributed by atoms with Crippen LogP contribution in [0.1, 0.15) is 29.3 Å². The lowest BCUT2D eigenvalue weighted by Crippen LogP contribution is -2.48. The Hall–Kier alpha value is -0.870. The summed E-state index contributed by atoms with van der Waals surface area (Å²) in [7, 11) is 0. The molecule has 2 rings (SSSR count). The first kappa shape index (κ1) is 14.5. The molecule has 0 aromatic heterocycles. The lowest BCUT2D eigenvalue weighted by atomic mass is 10.1. The quantitative estimate of drug-likeness (QED) is 0.853. The van der Waals surface area contributed by atoms with Gasteiger partial charge in [-0.05, 0) is 37.6 Å². The molecule has 1 aromatic carbocycles. The minimum Gasteiger partial charge on any atom is -0.336 e. The maximum atomic E-state index is 12.5. The third-order valence-electron chi connectivity index (χ3n) is 3.70. The molecule has 1 aliphatic rings. The van der Waals surface area contributed by atoms with E-state index in [1.165, 1.54) is 6.42 Å². The van der Waals surface area contributed by atoms with Crippen LogP contribution in [0.3, 0.4) is 0 Å². The SMILES string of the molecule is CCCN1CCN(C(=O)c2cccc(Br)c2C)CC1. The van der Waals surface area contributed by atoms with Crippen molar-refractivity contribution in [2.45, 2.75) is 20.3 Å². The summed E-state index contributed by atoms with van der Waals surface area (Å²) in [5.74, 6) is 0.162. The number of halogens is 1. The predicted octanol–water partition coefficient (Wildman–Crippen LogP) is 2.93. The molecule has 0 unspecified atom stereocenters. The van der Waals surface area contributed by atoms with Crippen molar-refractivity contribution in [3.8, 4) is 0 Å². The maximum Gasteiger partial charge on any atom is 0.254 e. The Balaban J connectivity index is 2.03. The number of carbonyl (C=O) groups is 1. The molecule has 1 amide bonds. The average molecular weight is 325 g/mol. The lowest BCUT2D eigenvalue weighted by Gasteiger charge is -2.34. The van der Waals surface area contributed by atoms with Crippen LogP contribution in [0.2, 0.25) is 0 Å². The molecule has 3 nitrogen and oxygen atoms in total. The normalized spacial score (nSPS) is 16.7. The zero-order chi connectivity index (χ0) is 13.8. The third kappa shape index (κ3) is 3.37. The fourth-order valence-corrected chi connectivity index (χ4v) is 2.87. The first-order valence-corrected chi connectivity index (χ1v) is 7.69. The highest BCUT2D eigenvalue weighted by atomic mass is 79.9. The Morgan fingerprint density at radius 2 is 1.95 bits per heavy atom. The molecule has 1 aromatic rings. The van der Waals surface area contributed by atoms with E-state index in [1.54, 1.807) is 0 Å². The van der Waals surface area contributed by atoms with Gasteiger partial charge in [0.1, 0.15) is 0 Å². The van der Waals surface area contributed by atoms with Gasteiger partial charge in [0.2, 0.25) is 0 Å². The van der Waals surface area contributed by atoms with Crippen molar-refractivity contribution in [1.29, 1.82) is 0 Å². The molecule has 0 atom stereocenters. The van der Waals surface area contributed by atoms with Crippen molar-refractivity contribution in [3.63, 3.8) is 0 Å². The fraction of sp³-hybridized carbons (Fsp3) is 0.533. The summed E-state index contributed by atoms with van der Waals surface area (Å²) in [4.78, 5) is 16.9. The number of piperazine rings is 1. The van der Waals surface area contributed by atoms with Gasteiger partial charge in [0, 0.05) is 36.2 Å². The molecule has 1 saturated heterocycles. The molecule has 1 fully saturated rings. The van der Waals surface area contributed by atoms with E-state index in [4.69, 9.17) is 0 Å². The summed E-state index contributed by atoms with van der Waals surface area (Å²) < 4.78 is 1.00. The highest BCUT2D eigenvalue weighted by Gasteiger charge is 2.22. The summed E-state index contributed by atoms with van der Waals surface area (Å²) in [6.45, 7) is 8.99. The molecule has 0 saturated carbocycles. The second-order valence-electron chi connectivity index (χ2n) is 5.05. The second-order valence-corrected chi connectivity index (χ2v) is 5.90. The van der Waals surface area contributed by atoms with Crippen molar-refractivity contribution in [2.24, 2.45) is 0 Å². The molecule has 0 radical (unpaired) electrons. The summed E-state index contributed by atoms with van der Waals surface area (Å²) in [5.41, 5.74) is 1.85. The van der Waals surface area contributed by atoms with Crippen LogP contribution in [-0.2, 0) is 0 Å². The van der Waals surface area contributed by atoms with Gasteiger partial charge in [-0.15, -0.1) is 0 Å². The molecule has 1 heterocycles. The molecule has 0 bridgehead atoms. The molecule has 104 valence electrons. The first-order chi connectivity index (χ1) is 9.13. The van der Waals surface area contributed by atoms with E-state index in [2.05, 4.69) is 27.8 Å². The molecule has 1 aliphatic heterocycles. The minimum absolute atomic E-state index is 0.162. The van der Waals surface area contributed by atoms with E-state index >= 15 is 0 Å². The number of amides is 1. The summed E-state index contributed by atoms with van der Waals surface area (Å²) in [6.07, 6.45) is 1.18. The molecular weight excluding hydrogens is 304 g/mol. The Labute approximate surface area is 123 Å². The lowest BCUT2D eigenvalue weighted by molar-refractivity contribution is 0.0636. The van der Waals surface area contributed by atoms with E-state index in [-0.39, 0.29) is 5.91 Å². The maximum absolute atomic E-state index is 12.5. The topological polar surface area (TPSA) is 23.6 Å². The number of carbonyl (C=O) groups excluding carboxylic acids is 1. The summed E-state index contributed by atoms with van der Waals surface area (Å²) in [6, 6.07) is 5.82. The average Bonchev–Trinajstić information content (AvgIpc) is 2.42. The Morgan fingerprint density at radius 1 is 1.26 bits per heavy atom. The molecule has 0 N–H and O–H groups in total. The van der Waals surface area contributed by atoms with Gasteiger partial charge >= 0.3 is 0 Å². The highest BCUT2D eigenvalue weighted by Crippen LogP contribution is 2.21.